The van der Waals surface area contributed by atoms with Crippen molar-refractivity contribution in [2.75, 3.05) is 5.32 Å². The molecule has 2 heterocycles. The van der Waals surface area contributed by atoms with Crippen LogP contribution in [0.3, 0.4) is 0 Å². The Morgan fingerprint density at radius 3 is 3.07 bits per heavy atom. The van der Waals surface area contributed by atoms with Crippen molar-refractivity contribution < 1.29 is 13.6 Å². The zero-order valence-corrected chi connectivity index (χ0v) is 17.2. The van der Waals surface area contributed by atoms with Crippen LogP contribution < -0.4 is 5.32 Å². The second-order valence-corrected chi connectivity index (χ2v) is 9.47. The molecule has 2 atom stereocenters. The molecule has 28 heavy (non-hydrogen) atoms. The third-order valence-corrected chi connectivity index (χ3v) is 6.84. The predicted octanol–water partition coefficient (Wildman–Crippen LogP) is 5.18. The fourth-order valence-electron chi connectivity index (χ4n) is 3.18. The Balaban J connectivity index is 1.41. The van der Waals surface area contributed by atoms with Crippen LogP contribution in [0.25, 0.3) is 10.8 Å². The van der Waals surface area contributed by atoms with Gasteiger partial charge in [0, 0.05) is 10.6 Å². The summed E-state index contributed by atoms with van der Waals surface area (Å²) in [4.78, 5) is 14.7. The van der Waals surface area contributed by atoms with Gasteiger partial charge in [-0.1, -0.05) is 24.8 Å². The van der Waals surface area contributed by atoms with E-state index in [-0.39, 0.29) is 5.91 Å². The molecular formula is C20H20FN3O2S2. The maximum atomic E-state index is 13.2. The average molecular weight is 418 g/mol. The number of halogens is 1. The van der Waals surface area contributed by atoms with Gasteiger partial charge in [-0.15, -0.1) is 21.5 Å². The molecule has 2 aromatic heterocycles. The largest absolute Gasteiger partial charge is 0.410 e. The van der Waals surface area contributed by atoms with Gasteiger partial charge in [-0.25, -0.2) is 4.39 Å². The van der Waals surface area contributed by atoms with Crippen molar-refractivity contribution in [1.82, 2.24) is 10.2 Å². The van der Waals surface area contributed by atoms with Crippen LogP contribution in [0.5, 0.6) is 0 Å². The van der Waals surface area contributed by atoms with E-state index in [2.05, 4.69) is 28.5 Å². The van der Waals surface area contributed by atoms with Crippen LogP contribution >= 0.6 is 23.1 Å². The zero-order chi connectivity index (χ0) is 19.7. The van der Waals surface area contributed by atoms with E-state index < -0.39 is 11.1 Å². The van der Waals surface area contributed by atoms with Gasteiger partial charge in [-0.05, 0) is 61.9 Å². The van der Waals surface area contributed by atoms with Gasteiger partial charge in [-0.2, -0.15) is 0 Å². The topological polar surface area (TPSA) is 68.0 Å². The van der Waals surface area contributed by atoms with E-state index in [9.17, 15) is 9.18 Å². The predicted molar refractivity (Wildman–Crippen MR) is 109 cm³/mol. The van der Waals surface area contributed by atoms with Crippen LogP contribution in [-0.4, -0.2) is 21.4 Å². The Bertz CT molecular complexity index is 1000. The lowest BCUT2D eigenvalue weighted by Crippen LogP contribution is -2.22. The Morgan fingerprint density at radius 1 is 1.39 bits per heavy atom. The number of thiophene rings is 1. The highest BCUT2D eigenvalue weighted by Gasteiger charge is 2.22. The second-order valence-electron chi connectivity index (χ2n) is 7.04. The van der Waals surface area contributed by atoms with Crippen molar-refractivity contribution in [2.24, 2.45) is 5.92 Å². The highest BCUT2D eigenvalue weighted by Crippen LogP contribution is 2.37. The van der Waals surface area contributed by atoms with E-state index in [1.165, 1.54) is 40.8 Å². The number of nitrogens with zero attached hydrogens (tertiary/aromatic N) is 2. The SMILES string of the molecule is C[C@@H]1CCc2sc(-c3nnc(S[C@@H](C)C(=O)Nc4cccc(F)c4)o3)cc2C1. The molecule has 0 radical (unpaired) electrons. The van der Waals surface area contributed by atoms with Gasteiger partial charge in [0.05, 0.1) is 10.1 Å². The number of nitrogens with one attached hydrogen (secondary N) is 1. The zero-order valence-electron chi connectivity index (χ0n) is 15.6. The van der Waals surface area contributed by atoms with Gasteiger partial charge in [0.15, 0.2) is 0 Å². The van der Waals surface area contributed by atoms with Crippen LogP contribution in [-0.2, 0) is 17.6 Å². The molecular weight excluding hydrogens is 397 g/mol. The smallest absolute Gasteiger partial charge is 0.277 e. The number of amides is 1. The molecule has 0 bridgehead atoms. The van der Waals surface area contributed by atoms with Gasteiger partial charge in [-0.3, -0.25) is 4.79 Å². The molecule has 1 amide bonds. The van der Waals surface area contributed by atoms with Gasteiger partial charge >= 0.3 is 0 Å². The summed E-state index contributed by atoms with van der Waals surface area (Å²) < 4.78 is 19.0. The summed E-state index contributed by atoms with van der Waals surface area (Å²) >= 11 is 2.90. The summed E-state index contributed by atoms with van der Waals surface area (Å²) in [6.45, 7) is 4.02. The van der Waals surface area contributed by atoms with E-state index in [1.807, 2.05) is 0 Å². The molecule has 0 spiro atoms. The molecule has 146 valence electrons. The minimum absolute atomic E-state index is 0.254. The van der Waals surface area contributed by atoms with Crippen molar-refractivity contribution in [1.29, 1.82) is 0 Å². The summed E-state index contributed by atoms with van der Waals surface area (Å²) in [6.07, 6.45) is 3.42. The number of hydrogen-bond donors (Lipinski definition) is 1. The number of benzene rings is 1. The molecule has 0 fully saturated rings. The van der Waals surface area contributed by atoms with Crippen LogP contribution in [0.2, 0.25) is 0 Å². The summed E-state index contributed by atoms with van der Waals surface area (Å²) in [5.41, 5.74) is 1.80. The van der Waals surface area contributed by atoms with E-state index in [1.54, 1.807) is 30.4 Å². The minimum Gasteiger partial charge on any atom is -0.410 e. The van der Waals surface area contributed by atoms with E-state index in [4.69, 9.17) is 4.42 Å². The molecule has 1 aliphatic rings. The van der Waals surface area contributed by atoms with E-state index >= 15 is 0 Å². The highest BCUT2D eigenvalue weighted by atomic mass is 32.2. The maximum Gasteiger partial charge on any atom is 0.277 e. The first kappa shape index (κ1) is 19.1. The number of fused-ring (bicyclic) bond motifs is 1. The highest BCUT2D eigenvalue weighted by molar-refractivity contribution is 8.00. The second kappa shape index (κ2) is 8.05. The number of carbonyl (C=O) groups excluding carboxylic acids is 1. The Morgan fingerprint density at radius 2 is 2.25 bits per heavy atom. The standard InChI is InChI=1S/C20H20FN3O2S2/c1-11-6-7-16-13(8-11)9-17(28-16)19-23-24-20(26-19)27-12(2)18(25)22-15-5-3-4-14(21)10-15/h3-5,9-12H,6-8H2,1-2H3,(H,22,25)/t11-,12+/m1/s1. The number of aromatic nitrogens is 2. The lowest BCUT2D eigenvalue weighted by molar-refractivity contribution is -0.115. The molecule has 1 aliphatic carbocycles. The molecule has 5 nitrogen and oxygen atoms in total. The fraction of sp³-hybridized carbons (Fsp3) is 0.350. The van der Waals surface area contributed by atoms with Crippen molar-refractivity contribution in [3.63, 3.8) is 0 Å². The maximum absolute atomic E-state index is 13.2. The lowest BCUT2D eigenvalue weighted by atomic mass is 9.90. The number of thioether (sulfide) groups is 1. The van der Waals surface area contributed by atoms with Gasteiger partial charge < -0.3 is 9.73 Å². The number of anilines is 1. The monoisotopic (exact) mass is 417 g/mol. The summed E-state index contributed by atoms with van der Waals surface area (Å²) in [5, 5.41) is 10.8. The molecule has 1 N–H and O–H groups in total. The van der Waals surface area contributed by atoms with Crippen LogP contribution in [0.1, 0.15) is 30.7 Å². The number of hydrogen-bond acceptors (Lipinski definition) is 6. The quantitative estimate of drug-likeness (QED) is 0.579. The normalized spacial score (nSPS) is 17.2. The molecule has 1 aromatic carbocycles. The van der Waals surface area contributed by atoms with Crippen LogP contribution in [0.15, 0.2) is 40.0 Å². The molecule has 0 unspecified atom stereocenters. The minimum atomic E-state index is -0.464. The Kier molecular flexibility index (Phi) is 5.50. The fourth-order valence-corrected chi connectivity index (χ4v) is 5.00. The number of rotatable bonds is 5. The first-order chi connectivity index (χ1) is 13.5. The molecule has 8 heteroatoms. The summed E-state index contributed by atoms with van der Waals surface area (Å²) in [7, 11) is 0. The van der Waals surface area contributed by atoms with Crippen LogP contribution in [0, 0.1) is 11.7 Å². The van der Waals surface area contributed by atoms with E-state index in [0.717, 1.165) is 17.7 Å². The van der Waals surface area contributed by atoms with Crippen molar-refractivity contribution in [3.05, 3.63) is 46.6 Å². The molecule has 0 saturated heterocycles. The van der Waals surface area contributed by atoms with Gasteiger partial charge in [0.25, 0.3) is 11.1 Å². The van der Waals surface area contributed by atoms with Crippen molar-refractivity contribution >= 4 is 34.7 Å². The first-order valence-corrected chi connectivity index (χ1v) is 10.9. The van der Waals surface area contributed by atoms with E-state index in [0.29, 0.717) is 22.7 Å². The summed E-state index contributed by atoms with van der Waals surface area (Å²) in [5.74, 6) is 0.553. The Hall–Kier alpha value is -2.19. The third-order valence-electron chi connectivity index (χ3n) is 4.69. The molecule has 4 rings (SSSR count). The Labute approximate surface area is 170 Å². The molecule has 0 saturated carbocycles. The van der Waals surface area contributed by atoms with Crippen molar-refractivity contribution in [3.8, 4) is 10.8 Å². The van der Waals surface area contributed by atoms with Crippen LogP contribution in [0.4, 0.5) is 10.1 Å². The number of aryl methyl sites for hydroxylation is 1. The summed E-state index contributed by atoms with van der Waals surface area (Å²) in [6, 6.07) is 7.95. The molecule has 0 aliphatic heterocycles. The third kappa shape index (κ3) is 4.28. The average Bonchev–Trinajstić information content (AvgIpc) is 3.27. The molecule has 3 aromatic rings. The number of carbonyl (C=O) groups is 1. The first-order valence-electron chi connectivity index (χ1n) is 9.16. The van der Waals surface area contributed by atoms with Gasteiger partial charge in [0.2, 0.25) is 5.91 Å². The van der Waals surface area contributed by atoms with Crippen molar-refractivity contribution in [2.45, 2.75) is 43.6 Å². The lowest BCUT2D eigenvalue weighted by Gasteiger charge is -2.16. The van der Waals surface area contributed by atoms with Gasteiger partial charge in [0.1, 0.15) is 5.82 Å².